The predicted octanol–water partition coefficient (Wildman–Crippen LogP) is 1.07. The van der Waals surface area contributed by atoms with Gasteiger partial charge in [0.2, 0.25) is 0 Å². The van der Waals surface area contributed by atoms with Crippen LogP contribution in [0.2, 0.25) is 0 Å². The van der Waals surface area contributed by atoms with Crippen LogP contribution in [-0.2, 0) is 18.1 Å². The predicted molar refractivity (Wildman–Crippen MR) is 59.9 cm³/mol. The highest BCUT2D eigenvalue weighted by Crippen LogP contribution is 1.90. The number of hydrogen-bond acceptors (Lipinski definition) is 4. The summed E-state index contributed by atoms with van der Waals surface area (Å²) in [4.78, 5) is 9.25. The Balaban J connectivity index is 0. The summed E-state index contributed by atoms with van der Waals surface area (Å²) in [7, 11) is -1.73. The zero-order chi connectivity index (χ0) is 12.1. The van der Waals surface area contributed by atoms with Gasteiger partial charge in [-0.25, -0.2) is 4.79 Å². The molecule has 0 bridgehead atoms. The lowest BCUT2D eigenvalue weighted by Crippen LogP contribution is -2.27. The average Bonchev–Trinajstić information content (AvgIpc) is 2.20. The van der Waals surface area contributed by atoms with Crippen molar-refractivity contribution in [3.05, 3.63) is 12.7 Å². The lowest BCUT2D eigenvalue weighted by atomic mass is 10.7. The van der Waals surface area contributed by atoms with Gasteiger partial charge in [0.15, 0.2) is 0 Å². The first-order chi connectivity index (χ1) is 7.12. The highest BCUT2D eigenvalue weighted by Gasteiger charge is 2.11. The van der Waals surface area contributed by atoms with Crippen LogP contribution >= 0.6 is 0 Å². The van der Waals surface area contributed by atoms with Crippen molar-refractivity contribution in [1.82, 2.24) is 0 Å². The first-order valence-electron chi connectivity index (χ1n) is 4.82. The molecule has 0 atom stereocenters. The Bertz CT molecular complexity index is 148. The molecular formula is C9H20O5Si. The molecule has 0 fully saturated rings. The second-order valence-corrected chi connectivity index (χ2v) is 3.77. The summed E-state index contributed by atoms with van der Waals surface area (Å²) in [6, 6.07) is 0. The van der Waals surface area contributed by atoms with Crippen LogP contribution < -0.4 is 0 Å². The smallest absolute Gasteiger partial charge is 0.478 e. The van der Waals surface area contributed by atoms with Gasteiger partial charge in [-0.15, -0.1) is 0 Å². The molecule has 0 saturated heterocycles. The third kappa shape index (κ3) is 16.0. The zero-order valence-electron chi connectivity index (χ0n) is 9.56. The molecule has 0 aliphatic heterocycles. The number of carboxylic acid groups (broad SMARTS) is 1. The quantitative estimate of drug-likeness (QED) is 0.529. The van der Waals surface area contributed by atoms with E-state index in [2.05, 4.69) is 6.58 Å². The van der Waals surface area contributed by atoms with E-state index in [4.69, 9.17) is 18.4 Å². The Labute approximate surface area is 92.6 Å². The van der Waals surface area contributed by atoms with E-state index in [1.807, 2.05) is 20.8 Å². The number of carboxylic acids is 1. The Morgan fingerprint density at radius 2 is 1.47 bits per heavy atom. The van der Waals surface area contributed by atoms with Gasteiger partial charge >= 0.3 is 15.5 Å². The molecular weight excluding hydrogens is 216 g/mol. The molecule has 0 radical (unpaired) electrons. The maximum atomic E-state index is 9.25. The van der Waals surface area contributed by atoms with E-state index in [0.717, 1.165) is 6.08 Å². The summed E-state index contributed by atoms with van der Waals surface area (Å²) in [5.74, 6) is -0.981. The molecule has 0 aliphatic rings. The van der Waals surface area contributed by atoms with E-state index < -0.39 is 15.5 Å². The molecule has 1 N–H and O–H groups in total. The summed E-state index contributed by atoms with van der Waals surface area (Å²) in [5, 5.41) is 7.60. The van der Waals surface area contributed by atoms with Crippen LogP contribution in [0.1, 0.15) is 20.8 Å². The van der Waals surface area contributed by atoms with Gasteiger partial charge in [-0.2, -0.15) is 0 Å². The normalized spacial score (nSPS) is 9.33. The molecule has 6 heteroatoms. The van der Waals surface area contributed by atoms with Crippen molar-refractivity contribution in [2.45, 2.75) is 20.8 Å². The summed E-state index contributed by atoms with van der Waals surface area (Å²) in [6.07, 6.45) is 0.833. The van der Waals surface area contributed by atoms with Crippen LogP contribution in [0.25, 0.3) is 0 Å². The van der Waals surface area contributed by atoms with Crippen LogP contribution in [0.3, 0.4) is 0 Å². The van der Waals surface area contributed by atoms with Gasteiger partial charge in [0.1, 0.15) is 0 Å². The van der Waals surface area contributed by atoms with Crippen LogP contribution in [0.5, 0.6) is 0 Å². The summed E-state index contributed by atoms with van der Waals surface area (Å²) >= 11 is 0. The summed E-state index contributed by atoms with van der Waals surface area (Å²) < 4.78 is 15.7. The van der Waals surface area contributed by atoms with Crippen molar-refractivity contribution in [2.75, 3.05) is 19.8 Å². The number of hydrogen-bond donors (Lipinski definition) is 1. The monoisotopic (exact) mass is 236 g/mol. The minimum absolute atomic E-state index is 0.677. The van der Waals surface area contributed by atoms with Crippen molar-refractivity contribution in [3.8, 4) is 0 Å². The van der Waals surface area contributed by atoms with Crippen molar-refractivity contribution in [2.24, 2.45) is 0 Å². The van der Waals surface area contributed by atoms with E-state index in [-0.39, 0.29) is 0 Å². The first kappa shape index (κ1) is 16.7. The molecule has 0 aromatic heterocycles. The molecule has 15 heavy (non-hydrogen) atoms. The van der Waals surface area contributed by atoms with E-state index in [1.54, 1.807) is 0 Å². The second-order valence-electron chi connectivity index (χ2n) is 2.20. The fourth-order valence-electron chi connectivity index (χ4n) is 0.553. The highest BCUT2D eigenvalue weighted by atomic mass is 28.3. The van der Waals surface area contributed by atoms with Crippen LogP contribution in [-0.4, -0.2) is 40.4 Å². The van der Waals surface area contributed by atoms with E-state index >= 15 is 0 Å². The lowest BCUT2D eigenvalue weighted by molar-refractivity contribution is -0.131. The molecule has 0 unspecified atom stereocenters. The molecule has 0 spiro atoms. The molecule has 0 rings (SSSR count). The molecule has 0 amide bonds. The Morgan fingerprint density at radius 3 is 1.60 bits per heavy atom. The molecule has 0 aromatic carbocycles. The molecule has 5 nitrogen and oxygen atoms in total. The molecule has 0 saturated carbocycles. The van der Waals surface area contributed by atoms with Gasteiger partial charge in [-0.3, -0.25) is 0 Å². The number of aliphatic carboxylic acids is 1. The standard InChI is InChI=1S/C6H16O3Si.C3H4O2/c1-4-7-10(8-5-2)9-6-3;1-2-3(4)5/h10H,4-6H2,1-3H3;2H,1H2,(H,4,5). The van der Waals surface area contributed by atoms with Gasteiger partial charge in [-0.1, -0.05) is 6.58 Å². The maximum Gasteiger partial charge on any atom is 0.484 e. The van der Waals surface area contributed by atoms with Crippen molar-refractivity contribution >= 4 is 15.5 Å². The Kier molecular flexibility index (Phi) is 14.8. The Hall–Kier alpha value is -0.693. The summed E-state index contributed by atoms with van der Waals surface area (Å²) in [5.41, 5.74) is 0. The summed E-state index contributed by atoms with van der Waals surface area (Å²) in [6.45, 7) is 10.8. The highest BCUT2D eigenvalue weighted by molar-refractivity contribution is 6.36. The van der Waals surface area contributed by atoms with E-state index in [0.29, 0.717) is 19.8 Å². The number of carbonyl (C=O) groups is 1. The van der Waals surface area contributed by atoms with Crippen LogP contribution in [0, 0.1) is 0 Å². The van der Waals surface area contributed by atoms with Gasteiger partial charge in [-0.05, 0) is 20.8 Å². The topological polar surface area (TPSA) is 65.0 Å². The first-order valence-corrected chi connectivity index (χ1v) is 6.23. The third-order valence-corrected chi connectivity index (χ3v) is 2.90. The van der Waals surface area contributed by atoms with Gasteiger partial charge in [0.25, 0.3) is 0 Å². The van der Waals surface area contributed by atoms with Crippen LogP contribution in [0.15, 0.2) is 12.7 Å². The molecule has 0 heterocycles. The van der Waals surface area contributed by atoms with Crippen molar-refractivity contribution < 1.29 is 23.2 Å². The average molecular weight is 236 g/mol. The minimum atomic E-state index is -1.73. The lowest BCUT2D eigenvalue weighted by Gasteiger charge is -2.12. The van der Waals surface area contributed by atoms with Gasteiger partial charge in [0, 0.05) is 25.9 Å². The van der Waals surface area contributed by atoms with E-state index in [1.165, 1.54) is 0 Å². The molecule has 90 valence electrons. The van der Waals surface area contributed by atoms with Gasteiger partial charge < -0.3 is 18.4 Å². The Morgan fingerprint density at radius 1 is 1.20 bits per heavy atom. The van der Waals surface area contributed by atoms with E-state index in [9.17, 15) is 4.79 Å². The fraction of sp³-hybridized carbons (Fsp3) is 0.667. The zero-order valence-corrected chi connectivity index (χ0v) is 10.7. The SMILES string of the molecule is C=CC(=O)O.CCO[SiH](OCC)OCC. The maximum absolute atomic E-state index is 9.25. The molecule has 0 aromatic rings. The van der Waals surface area contributed by atoms with Crippen molar-refractivity contribution in [1.29, 1.82) is 0 Å². The number of rotatable bonds is 7. The molecule has 0 aliphatic carbocycles. The van der Waals surface area contributed by atoms with Gasteiger partial charge in [0.05, 0.1) is 0 Å². The minimum Gasteiger partial charge on any atom is -0.478 e. The fourth-order valence-corrected chi connectivity index (χ4v) is 1.66. The third-order valence-electron chi connectivity index (χ3n) is 1.08. The van der Waals surface area contributed by atoms with Crippen LogP contribution in [0.4, 0.5) is 0 Å². The largest absolute Gasteiger partial charge is 0.484 e. The second kappa shape index (κ2) is 13.3. The van der Waals surface area contributed by atoms with Crippen molar-refractivity contribution in [3.63, 3.8) is 0 Å².